The van der Waals surface area contributed by atoms with Crippen molar-refractivity contribution in [1.82, 2.24) is 4.57 Å². The van der Waals surface area contributed by atoms with Crippen molar-refractivity contribution in [3.05, 3.63) is 96.2 Å². The van der Waals surface area contributed by atoms with Crippen molar-refractivity contribution in [3.8, 4) is 5.75 Å². The summed E-state index contributed by atoms with van der Waals surface area (Å²) in [6.45, 7) is 6.40. The first-order valence-electron chi connectivity index (χ1n) is 10.3. The molecular weight excluding hydrogens is 372 g/mol. The predicted molar refractivity (Wildman–Crippen MR) is 123 cm³/mol. The predicted octanol–water partition coefficient (Wildman–Crippen LogP) is 5.54. The second-order valence-corrected chi connectivity index (χ2v) is 7.27. The molecule has 0 saturated carbocycles. The number of ether oxygens (including phenoxy) is 1. The molecule has 4 heteroatoms. The monoisotopic (exact) mass is 398 g/mol. The minimum absolute atomic E-state index is 0.0264. The van der Waals surface area contributed by atoms with Crippen molar-refractivity contribution in [1.29, 1.82) is 0 Å². The molecule has 0 fully saturated rings. The molecule has 0 aliphatic heterocycles. The van der Waals surface area contributed by atoms with E-state index in [4.69, 9.17) is 4.74 Å². The van der Waals surface area contributed by atoms with Crippen LogP contribution in [0.2, 0.25) is 0 Å². The molecule has 0 spiro atoms. The molecule has 4 aromatic rings. The molecule has 0 unspecified atom stereocenters. The molecule has 0 atom stereocenters. The number of aromatic nitrogens is 1. The zero-order valence-electron chi connectivity index (χ0n) is 17.4. The van der Waals surface area contributed by atoms with Crippen LogP contribution >= 0.6 is 0 Å². The van der Waals surface area contributed by atoms with E-state index in [-0.39, 0.29) is 5.91 Å². The Labute approximate surface area is 177 Å². The maximum atomic E-state index is 13.1. The van der Waals surface area contributed by atoms with Crippen molar-refractivity contribution in [2.75, 3.05) is 24.6 Å². The highest BCUT2D eigenvalue weighted by atomic mass is 16.5. The fourth-order valence-electron chi connectivity index (χ4n) is 3.77. The largest absolute Gasteiger partial charge is 0.492 e. The highest BCUT2D eigenvalue weighted by Gasteiger charge is 2.14. The number of nitrogens with zero attached hydrogens (tertiary/aromatic N) is 2. The van der Waals surface area contributed by atoms with Gasteiger partial charge in [-0.15, -0.1) is 0 Å². The summed E-state index contributed by atoms with van der Waals surface area (Å²) >= 11 is 0. The Hall–Kier alpha value is -3.53. The van der Waals surface area contributed by atoms with E-state index < -0.39 is 0 Å². The fraction of sp³-hybridized carbons (Fsp3) is 0.192. The molecule has 0 aliphatic rings. The first-order valence-corrected chi connectivity index (χ1v) is 10.3. The summed E-state index contributed by atoms with van der Waals surface area (Å²) in [5.74, 6) is 0.742. The van der Waals surface area contributed by atoms with Crippen molar-refractivity contribution in [2.24, 2.45) is 0 Å². The first kappa shape index (κ1) is 19.8. The van der Waals surface area contributed by atoms with Gasteiger partial charge in [0.2, 0.25) is 0 Å². The van der Waals surface area contributed by atoms with E-state index in [1.165, 1.54) is 5.69 Å². The Bertz CT molecular complexity index is 1130. The molecule has 4 rings (SSSR count). The van der Waals surface area contributed by atoms with Crippen LogP contribution < -0.4 is 9.64 Å². The molecule has 0 amide bonds. The normalized spacial score (nSPS) is 10.9. The van der Waals surface area contributed by atoms with Gasteiger partial charge in [0.25, 0.3) is 5.91 Å². The molecule has 0 saturated heterocycles. The lowest BCUT2D eigenvalue weighted by molar-refractivity contribution is 0.0963. The molecule has 0 bridgehead atoms. The SMILES string of the molecule is CCN(CCOc1ccc(C(=O)n2c(C)cc3ccccc32)cc1)c1ccccc1. The number of likely N-dealkylation sites (N-methyl/N-ethyl adjacent to an activating group) is 1. The first-order chi connectivity index (χ1) is 14.7. The van der Waals surface area contributed by atoms with Crippen LogP contribution in [-0.2, 0) is 0 Å². The molecule has 4 nitrogen and oxygen atoms in total. The summed E-state index contributed by atoms with van der Waals surface area (Å²) in [7, 11) is 0. The molecule has 3 aromatic carbocycles. The molecule has 30 heavy (non-hydrogen) atoms. The lowest BCUT2D eigenvalue weighted by atomic mass is 10.2. The maximum absolute atomic E-state index is 13.1. The topological polar surface area (TPSA) is 34.5 Å². The van der Waals surface area contributed by atoms with Gasteiger partial charge in [0.15, 0.2) is 0 Å². The Balaban J connectivity index is 1.41. The van der Waals surface area contributed by atoms with Gasteiger partial charge in [-0.1, -0.05) is 36.4 Å². The number of carbonyl (C=O) groups excluding carboxylic acids is 1. The van der Waals surface area contributed by atoms with Gasteiger partial charge in [0.05, 0.1) is 12.1 Å². The number of carbonyl (C=O) groups is 1. The number of benzene rings is 3. The Morgan fingerprint density at radius 1 is 0.933 bits per heavy atom. The quantitative estimate of drug-likeness (QED) is 0.410. The number of fused-ring (bicyclic) bond motifs is 1. The smallest absolute Gasteiger partial charge is 0.262 e. The Kier molecular flexibility index (Phi) is 5.84. The van der Waals surface area contributed by atoms with E-state index in [2.05, 4.69) is 24.0 Å². The minimum atomic E-state index is -0.0264. The van der Waals surface area contributed by atoms with Gasteiger partial charge in [-0.3, -0.25) is 9.36 Å². The molecule has 152 valence electrons. The maximum Gasteiger partial charge on any atom is 0.262 e. The highest BCUT2D eigenvalue weighted by Crippen LogP contribution is 2.22. The third-order valence-electron chi connectivity index (χ3n) is 5.33. The van der Waals surface area contributed by atoms with Crippen LogP contribution in [0.5, 0.6) is 5.75 Å². The van der Waals surface area contributed by atoms with Crippen LogP contribution in [0.4, 0.5) is 5.69 Å². The average molecular weight is 399 g/mol. The molecule has 1 heterocycles. The summed E-state index contributed by atoms with van der Waals surface area (Å²) in [4.78, 5) is 15.3. The van der Waals surface area contributed by atoms with Gasteiger partial charge in [-0.05, 0) is 62.4 Å². The summed E-state index contributed by atoms with van der Waals surface area (Å²) in [5, 5.41) is 1.07. The standard InChI is InChI=1S/C26H26N2O2/c1-3-27(23-10-5-4-6-11-23)17-18-30-24-15-13-21(14-16-24)26(29)28-20(2)19-22-9-7-8-12-25(22)28/h4-16,19H,3,17-18H2,1-2H3. The molecule has 1 aromatic heterocycles. The van der Waals surface area contributed by atoms with Crippen LogP contribution in [0.25, 0.3) is 10.9 Å². The van der Waals surface area contributed by atoms with Gasteiger partial charge < -0.3 is 9.64 Å². The highest BCUT2D eigenvalue weighted by molar-refractivity contribution is 6.02. The van der Waals surface area contributed by atoms with Crippen LogP contribution in [0, 0.1) is 6.92 Å². The summed E-state index contributed by atoms with van der Waals surface area (Å²) in [5.41, 5.74) is 3.70. The summed E-state index contributed by atoms with van der Waals surface area (Å²) < 4.78 is 7.69. The number of hydrogen-bond donors (Lipinski definition) is 0. The van der Waals surface area contributed by atoms with Crippen molar-refractivity contribution >= 4 is 22.5 Å². The lowest BCUT2D eigenvalue weighted by Crippen LogP contribution is -2.27. The van der Waals surface area contributed by atoms with E-state index in [1.807, 2.05) is 79.7 Å². The van der Waals surface area contributed by atoms with Crippen LogP contribution in [-0.4, -0.2) is 30.2 Å². The van der Waals surface area contributed by atoms with E-state index >= 15 is 0 Å². The second-order valence-electron chi connectivity index (χ2n) is 7.27. The Morgan fingerprint density at radius 3 is 2.37 bits per heavy atom. The van der Waals surface area contributed by atoms with Crippen molar-refractivity contribution in [3.63, 3.8) is 0 Å². The van der Waals surface area contributed by atoms with E-state index in [1.54, 1.807) is 4.57 Å². The van der Waals surface area contributed by atoms with E-state index in [9.17, 15) is 4.79 Å². The fourth-order valence-corrected chi connectivity index (χ4v) is 3.77. The van der Waals surface area contributed by atoms with Crippen LogP contribution in [0.15, 0.2) is 84.9 Å². The minimum Gasteiger partial charge on any atom is -0.492 e. The van der Waals surface area contributed by atoms with Gasteiger partial charge in [0, 0.05) is 28.9 Å². The number of anilines is 1. The average Bonchev–Trinajstić information content (AvgIpc) is 3.13. The lowest BCUT2D eigenvalue weighted by Gasteiger charge is -2.23. The number of rotatable bonds is 7. The second kappa shape index (κ2) is 8.87. The molecule has 0 radical (unpaired) electrons. The zero-order valence-corrected chi connectivity index (χ0v) is 17.4. The number of para-hydroxylation sites is 2. The molecular formula is C26H26N2O2. The zero-order chi connectivity index (χ0) is 20.9. The van der Waals surface area contributed by atoms with E-state index in [0.717, 1.165) is 35.4 Å². The third kappa shape index (κ3) is 4.08. The van der Waals surface area contributed by atoms with Crippen LogP contribution in [0.3, 0.4) is 0 Å². The third-order valence-corrected chi connectivity index (χ3v) is 5.33. The molecule has 0 N–H and O–H groups in total. The number of hydrogen-bond acceptors (Lipinski definition) is 3. The Morgan fingerprint density at radius 2 is 1.63 bits per heavy atom. The van der Waals surface area contributed by atoms with Gasteiger partial charge in [0.1, 0.15) is 12.4 Å². The summed E-state index contributed by atoms with van der Waals surface area (Å²) in [6.07, 6.45) is 0. The van der Waals surface area contributed by atoms with Gasteiger partial charge in [-0.2, -0.15) is 0 Å². The van der Waals surface area contributed by atoms with Gasteiger partial charge in [-0.25, -0.2) is 0 Å². The van der Waals surface area contributed by atoms with Crippen LogP contribution in [0.1, 0.15) is 23.0 Å². The van der Waals surface area contributed by atoms with E-state index in [0.29, 0.717) is 12.2 Å². The van der Waals surface area contributed by atoms with Crippen molar-refractivity contribution in [2.45, 2.75) is 13.8 Å². The van der Waals surface area contributed by atoms with Gasteiger partial charge >= 0.3 is 0 Å². The van der Waals surface area contributed by atoms with Crippen molar-refractivity contribution < 1.29 is 9.53 Å². The molecule has 0 aliphatic carbocycles. The number of aryl methyl sites for hydroxylation is 1. The summed E-state index contributed by atoms with van der Waals surface area (Å²) in [6, 6.07) is 27.7.